The second-order valence-corrected chi connectivity index (χ2v) is 6.86. The number of carboxylic acids is 1. The van der Waals surface area contributed by atoms with E-state index in [9.17, 15) is 4.79 Å². The van der Waals surface area contributed by atoms with Crippen LogP contribution >= 0.6 is 0 Å². The molecule has 0 spiro atoms. The lowest BCUT2D eigenvalue weighted by Crippen LogP contribution is -2.45. The summed E-state index contributed by atoms with van der Waals surface area (Å²) in [6, 6.07) is 11.6. The van der Waals surface area contributed by atoms with Crippen LogP contribution in [0.2, 0.25) is 0 Å². The van der Waals surface area contributed by atoms with Crippen molar-refractivity contribution in [2.45, 2.75) is 38.3 Å². The molecule has 23 heavy (non-hydrogen) atoms. The quantitative estimate of drug-likeness (QED) is 0.847. The van der Waals surface area contributed by atoms with Crippen molar-refractivity contribution in [2.24, 2.45) is 5.92 Å². The Morgan fingerprint density at radius 2 is 2.00 bits per heavy atom. The van der Waals surface area contributed by atoms with Gasteiger partial charge in [0.1, 0.15) is 0 Å². The van der Waals surface area contributed by atoms with Crippen molar-refractivity contribution in [3.63, 3.8) is 0 Å². The van der Waals surface area contributed by atoms with Gasteiger partial charge in [0.2, 0.25) is 0 Å². The average molecular weight is 314 g/mol. The summed E-state index contributed by atoms with van der Waals surface area (Å²) in [4.78, 5) is 12.8. The third-order valence-electron chi connectivity index (χ3n) is 4.97. The van der Waals surface area contributed by atoms with Crippen LogP contribution in [0.1, 0.15) is 31.7 Å². The monoisotopic (exact) mass is 314 g/mol. The molecule has 1 heterocycles. The van der Waals surface area contributed by atoms with E-state index in [-0.39, 0.29) is 6.54 Å². The SMILES string of the molecule is CC(=Cc1ccccc1)C1C[C@@H]1NC1CCN(CC(=O)O)CC1. The third-order valence-corrected chi connectivity index (χ3v) is 4.97. The van der Waals surface area contributed by atoms with Gasteiger partial charge in [-0.05, 0) is 37.7 Å². The molecule has 0 radical (unpaired) electrons. The molecule has 1 aromatic rings. The van der Waals surface area contributed by atoms with Gasteiger partial charge in [-0.15, -0.1) is 0 Å². The molecule has 2 N–H and O–H groups in total. The minimum Gasteiger partial charge on any atom is -0.480 e. The third kappa shape index (κ3) is 4.66. The van der Waals surface area contributed by atoms with Gasteiger partial charge >= 0.3 is 5.97 Å². The fourth-order valence-electron chi connectivity index (χ4n) is 3.55. The summed E-state index contributed by atoms with van der Waals surface area (Å²) in [6.45, 7) is 4.19. The zero-order valence-electron chi connectivity index (χ0n) is 13.7. The molecule has 4 heteroatoms. The second-order valence-electron chi connectivity index (χ2n) is 6.86. The van der Waals surface area contributed by atoms with Crippen LogP contribution in [0.3, 0.4) is 0 Å². The van der Waals surface area contributed by atoms with Gasteiger partial charge < -0.3 is 10.4 Å². The van der Waals surface area contributed by atoms with Gasteiger partial charge in [-0.25, -0.2) is 0 Å². The summed E-state index contributed by atoms with van der Waals surface area (Å²) in [7, 11) is 0. The van der Waals surface area contributed by atoms with Crippen molar-refractivity contribution >= 4 is 12.0 Å². The zero-order valence-corrected chi connectivity index (χ0v) is 13.7. The number of piperidine rings is 1. The Hall–Kier alpha value is -1.65. The number of hydrogen-bond donors (Lipinski definition) is 2. The molecule has 0 bridgehead atoms. The van der Waals surface area contributed by atoms with Crippen molar-refractivity contribution in [3.05, 3.63) is 41.5 Å². The van der Waals surface area contributed by atoms with Crippen LogP contribution in [-0.4, -0.2) is 47.7 Å². The molecule has 1 aromatic carbocycles. The number of aliphatic carboxylic acids is 1. The van der Waals surface area contributed by atoms with E-state index in [0.29, 0.717) is 18.0 Å². The van der Waals surface area contributed by atoms with Crippen molar-refractivity contribution in [3.8, 4) is 0 Å². The first-order chi connectivity index (χ1) is 11.1. The zero-order chi connectivity index (χ0) is 16.2. The Morgan fingerprint density at radius 1 is 1.30 bits per heavy atom. The lowest BCUT2D eigenvalue weighted by molar-refractivity contribution is -0.138. The van der Waals surface area contributed by atoms with E-state index in [1.165, 1.54) is 17.6 Å². The summed E-state index contributed by atoms with van der Waals surface area (Å²) < 4.78 is 0. The predicted octanol–water partition coefficient (Wildman–Crippen LogP) is 2.62. The summed E-state index contributed by atoms with van der Waals surface area (Å²) in [5.74, 6) is -0.0624. The van der Waals surface area contributed by atoms with Crippen LogP contribution in [0.4, 0.5) is 0 Å². The van der Waals surface area contributed by atoms with Gasteiger partial charge in [-0.3, -0.25) is 9.69 Å². The number of carboxylic acid groups (broad SMARTS) is 1. The predicted molar refractivity (Wildman–Crippen MR) is 92.2 cm³/mol. The van der Waals surface area contributed by atoms with E-state index in [1.54, 1.807) is 0 Å². The molecule has 1 unspecified atom stereocenters. The fraction of sp³-hybridized carbons (Fsp3) is 0.526. The van der Waals surface area contributed by atoms with E-state index < -0.39 is 5.97 Å². The molecule has 2 aliphatic rings. The number of hydrogen-bond acceptors (Lipinski definition) is 3. The van der Waals surface area contributed by atoms with Crippen molar-refractivity contribution in [1.29, 1.82) is 0 Å². The Kier molecular flexibility index (Phi) is 5.13. The van der Waals surface area contributed by atoms with Crippen LogP contribution < -0.4 is 5.32 Å². The highest BCUT2D eigenvalue weighted by atomic mass is 16.4. The second kappa shape index (κ2) is 7.28. The minimum atomic E-state index is -0.722. The lowest BCUT2D eigenvalue weighted by Gasteiger charge is -2.31. The molecule has 1 aliphatic heterocycles. The van der Waals surface area contributed by atoms with Crippen molar-refractivity contribution < 1.29 is 9.90 Å². The molecular weight excluding hydrogens is 288 g/mol. The Bertz CT molecular complexity index is 562. The number of likely N-dealkylation sites (tertiary alicyclic amines) is 1. The molecule has 2 atom stereocenters. The number of nitrogens with one attached hydrogen (secondary N) is 1. The molecular formula is C19H26N2O2. The highest BCUT2D eigenvalue weighted by molar-refractivity contribution is 5.69. The highest BCUT2D eigenvalue weighted by Gasteiger charge is 2.39. The van der Waals surface area contributed by atoms with Gasteiger partial charge in [0, 0.05) is 25.2 Å². The van der Waals surface area contributed by atoms with E-state index in [4.69, 9.17) is 5.11 Å². The summed E-state index contributed by atoms with van der Waals surface area (Å²) in [5.41, 5.74) is 2.73. The molecule has 124 valence electrons. The molecule has 3 rings (SSSR count). The number of benzene rings is 1. The summed E-state index contributed by atoms with van der Waals surface area (Å²) in [5, 5.41) is 12.6. The molecule has 0 amide bonds. The Balaban J connectivity index is 1.43. The minimum absolute atomic E-state index is 0.178. The maximum absolute atomic E-state index is 10.7. The Labute approximate surface area is 138 Å². The highest BCUT2D eigenvalue weighted by Crippen LogP contribution is 2.38. The van der Waals surface area contributed by atoms with Gasteiger partial charge in [0.05, 0.1) is 6.54 Å². The normalized spacial score (nSPS) is 26.2. The van der Waals surface area contributed by atoms with E-state index in [1.807, 2.05) is 11.0 Å². The van der Waals surface area contributed by atoms with Crippen molar-refractivity contribution in [2.75, 3.05) is 19.6 Å². The van der Waals surface area contributed by atoms with Crippen LogP contribution in [0.15, 0.2) is 35.9 Å². The molecule has 0 aromatic heterocycles. The van der Waals surface area contributed by atoms with E-state index >= 15 is 0 Å². The fourth-order valence-corrected chi connectivity index (χ4v) is 3.55. The molecule has 1 saturated carbocycles. The first-order valence-corrected chi connectivity index (χ1v) is 8.55. The Morgan fingerprint density at radius 3 is 2.65 bits per heavy atom. The summed E-state index contributed by atoms with van der Waals surface area (Å²) in [6.07, 6.45) is 5.63. The van der Waals surface area contributed by atoms with Gasteiger partial charge in [-0.1, -0.05) is 42.0 Å². The van der Waals surface area contributed by atoms with Crippen LogP contribution in [0, 0.1) is 5.92 Å². The number of rotatable bonds is 6. The average Bonchev–Trinajstić information content (AvgIpc) is 3.29. The topological polar surface area (TPSA) is 52.6 Å². The maximum atomic E-state index is 10.7. The first kappa shape index (κ1) is 16.2. The van der Waals surface area contributed by atoms with Gasteiger partial charge in [0.25, 0.3) is 0 Å². The smallest absolute Gasteiger partial charge is 0.317 e. The van der Waals surface area contributed by atoms with Crippen molar-refractivity contribution in [1.82, 2.24) is 10.2 Å². The molecule has 1 saturated heterocycles. The van der Waals surface area contributed by atoms with Gasteiger partial charge in [0.15, 0.2) is 0 Å². The molecule has 4 nitrogen and oxygen atoms in total. The van der Waals surface area contributed by atoms with Crippen LogP contribution in [0.5, 0.6) is 0 Å². The van der Waals surface area contributed by atoms with Gasteiger partial charge in [-0.2, -0.15) is 0 Å². The van der Waals surface area contributed by atoms with E-state index in [2.05, 4.69) is 42.6 Å². The lowest BCUT2D eigenvalue weighted by atomic mass is 10.0. The van der Waals surface area contributed by atoms with E-state index in [0.717, 1.165) is 25.9 Å². The standard InChI is InChI=1S/C19H26N2O2/c1-14(11-15-5-3-2-4-6-15)17-12-18(17)20-16-7-9-21(10-8-16)13-19(22)23/h2-6,11,16-18,20H,7-10,12-13H2,1H3,(H,22,23)/t17?,18-/m0/s1. The summed E-state index contributed by atoms with van der Waals surface area (Å²) >= 11 is 0. The first-order valence-electron chi connectivity index (χ1n) is 8.55. The molecule has 1 aliphatic carbocycles. The van der Waals surface area contributed by atoms with Crippen LogP contribution in [0.25, 0.3) is 6.08 Å². The maximum Gasteiger partial charge on any atom is 0.317 e. The largest absolute Gasteiger partial charge is 0.480 e. The number of carbonyl (C=O) groups is 1. The number of nitrogens with zero attached hydrogens (tertiary/aromatic N) is 1. The van der Waals surface area contributed by atoms with Crippen LogP contribution in [-0.2, 0) is 4.79 Å². The molecule has 2 fully saturated rings.